The van der Waals surface area contributed by atoms with E-state index in [1.54, 1.807) is 0 Å². The second-order valence-electron chi connectivity index (χ2n) is 5.49. The summed E-state index contributed by atoms with van der Waals surface area (Å²) < 4.78 is 5.93. The quantitative estimate of drug-likeness (QED) is 0.713. The Morgan fingerprint density at radius 1 is 1.14 bits per heavy atom. The van der Waals surface area contributed by atoms with E-state index in [2.05, 4.69) is 39.9 Å². The van der Waals surface area contributed by atoms with E-state index < -0.39 is 0 Å². The summed E-state index contributed by atoms with van der Waals surface area (Å²) in [6.07, 6.45) is 2.17. The lowest BCUT2D eigenvalue weighted by Gasteiger charge is -2.30. The fraction of sp³-hybridized carbons (Fsp3) is 1.00. The van der Waals surface area contributed by atoms with Crippen molar-refractivity contribution in [2.75, 3.05) is 20.2 Å². The molecule has 1 N–H and O–H groups in total. The van der Waals surface area contributed by atoms with Crippen LogP contribution < -0.4 is 5.32 Å². The molecule has 86 valence electrons. The molecule has 0 fully saturated rings. The predicted octanol–water partition coefficient (Wildman–Crippen LogP) is 2.83. The smallest absolute Gasteiger partial charge is 0.0775 e. The Bertz CT molecular complexity index is 151. The second kappa shape index (κ2) is 5.72. The minimum Gasteiger partial charge on any atom is -0.374 e. The summed E-state index contributed by atoms with van der Waals surface area (Å²) in [4.78, 5) is 0. The molecule has 0 aromatic rings. The molecule has 0 aliphatic rings. The van der Waals surface area contributed by atoms with Crippen LogP contribution in [-0.2, 0) is 4.74 Å². The third-order valence-electron chi connectivity index (χ3n) is 2.60. The fourth-order valence-electron chi connectivity index (χ4n) is 1.26. The van der Waals surface area contributed by atoms with E-state index in [4.69, 9.17) is 4.74 Å². The van der Waals surface area contributed by atoms with Crippen LogP contribution >= 0.6 is 0 Å². The predicted molar refractivity (Wildman–Crippen MR) is 62.6 cm³/mol. The molecule has 2 heteroatoms. The first-order chi connectivity index (χ1) is 6.33. The van der Waals surface area contributed by atoms with Gasteiger partial charge in [-0.15, -0.1) is 0 Å². The Kier molecular flexibility index (Phi) is 5.68. The lowest BCUT2D eigenvalue weighted by Crippen LogP contribution is -2.39. The van der Waals surface area contributed by atoms with Crippen LogP contribution in [0.2, 0.25) is 0 Å². The molecular weight excluding hydrogens is 174 g/mol. The van der Waals surface area contributed by atoms with Gasteiger partial charge in [0.2, 0.25) is 0 Å². The summed E-state index contributed by atoms with van der Waals surface area (Å²) in [5, 5.41) is 3.18. The van der Waals surface area contributed by atoms with Crippen molar-refractivity contribution in [2.24, 2.45) is 5.41 Å². The van der Waals surface area contributed by atoms with Gasteiger partial charge in [0, 0.05) is 13.2 Å². The van der Waals surface area contributed by atoms with Crippen molar-refractivity contribution in [1.82, 2.24) is 5.32 Å². The zero-order valence-corrected chi connectivity index (χ0v) is 10.7. The highest BCUT2D eigenvalue weighted by Crippen LogP contribution is 2.21. The lowest BCUT2D eigenvalue weighted by molar-refractivity contribution is -0.0409. The third-order valence-corrected chi connectivity index (χ3v) is 2.60. The topological polar surface area (TPSA) is 21.3 Å². The van der Waals surface area contributed by atoms with Crippen LogP contribution in [0.25, 0.3) is 0 Å². The molecule has 0 aliphatic heterocycles. The third kappa shape index (κ3) is 6.39. The summed E-state index contributed by atoms with van der Waals surface area (Å²) in [5.41, 5.74) is 0.369. The highest BCUT2D eigenvalue weighted by Gasteiger charge is 2.22. The Morgan fingerprint density at radius 3 is 2.07 bits per heavy atom. The zero-order valence-electron chi connectivity index (χ0n) is 10.7. The average Bonchev–Trinajstić information content (AvgIpc) is 2.02. The zero-order chi connectivity index (χ0) is 11.2. The van der Waals surface area contributed by atoms with Gasteiger partial charge < -0.3 is 10.1 Å². The Balaban J connectivity index is 3.84. The first-order valence-electron chi connectivity index (χ1n) is 5.61. The van der Waals surface area contributed by atoms with E-state index in [0.717, 1.165) is 26.0 Å². The molecule has 0 amide bonds. The van der Waals surface area contributed by atoms with Crippen molar-refractivity contribution in [1.29, 1.82) is 0 Å². The van der Waals surface area contributed by atoms with Gasteiger partial charge in [0.1, 0.15) is 0 Å². The molecule has 0 heterocycles. The molecule has 0 rings (SSSR count). The van der Waals surface area contributed by atoms with Crippen LogP contribution in [-0.4, -0.2) is 25.8 Å². The molecule has 1 unspecified atom stereocenters. The normalized spacial score (nSPS) is 16.7. The maximum absolute atomic E-state index is 5.93. The molecule has 0 saturated heterocycles. The van der Waals surface area contributed by atoms with Gasteiger partial charge in [0.15, 0.2) is 0 Å². The van der Waals surface area contributed by atoms with Crippen LogP contribution in [0.1, 0.15) is 47.5 Å². The lowest BCUT2D eigenvalue weighted by atomic mass is 9.93. The van der Waals surface area contributed by atoms with Crippen molar-refractivity contribution < 1.29 is 4.74 Å². The van der Waals surface area contributed by atoms with E-state index >= 15 is 0 Å². The number of ether oxygens (including phenoxy) is 1. The molecule has 0 aromatic heterocycles. The summed E-state index contributed by atoms with van der Waals surface area (Å²) in [6.45, 7) is 12.9. The standard InChI is InChI=1S/C12H27NO/c1-7-12(5,10-13-6)14-9-8-11(2,3)4/h13H,7-10H2,1-6H3. The van der Waals surface area contributed by atoms with Crippen LogP contribution in [0.15, 0.2) is 0 Å². The minimum atomic E-state index is 0.000000000000000222. The van der Waals surface area contributed by atoms with Crippen LogP contribution in [0.4, 0.5) is 0 Å². The molecular formula is C12H27NO. The van der Waals surface area contributed by atoms with Crippen molar-refractivity contribution in [2.45, 2.75) is 53.1 Å². The summed E-state index contributed by atoms with van der Waals surface area (Å²) in [5.74, 6) is 0. The van der Waals surface area contributed by atoms with Gasteiger partial charge in [-0.25, -0.2) is 0 Å². The molecule has 0 spiro atoms. The molecule has 1 atom stereocenters. The Hall–Kier alpha value is -0.0800. The van der Waals surface area contributed by atoms with Crippen molar-refractivity contribution in [3.05, 3.63) is 0 Å². The molecule has 0 aliphatic carbocycles. The minimum absolute atomic E-state index is 0.000000000000000222. The van der Waals surface area contributed by atoms with Crippen LogP contribution in [0.5, 0.6) is 0 Å². The molecule has 0 aromatic carbocycles. The van der Waals surface area contributed by atoms with Crippen LogP contribution in [0, 0.1) is 5.41 Å². The Morgan fingerprint density at radius 2 is 1.71 bits per heavy atom. The number of hydrogen-bond donors (Lipinski definition) is 1. The summed E-state index contributed by atoms with van der Waals surface area (Å²) in [6, 6.07) is 0. The maximum Gasteiger partial charge on any atom is 0.0775 e. The van der Waals surface area contributed by atoms with Crippen molar-refractivity contribution >= 4 is 0 Å². The van der Waals surface area contributed by atoms with Gasteiger partial charge in [-0.2, -0.15) is 0 Å². The van der Waals surface area contributed by atoms with Gasteiger partial charge in [-0.1, -0.05) is 27.7 Å². The van der Waals surface area contributed by atoms with E-state index in [1.165, 1.54) is 0 Å². The summed E-state index contributed by atoms with van der Waals surface area (Å²) in [7, 11) is 1.97. The second-order valence-corrected chi connectivity index (χ2v) is 5.49. The van der Waals surface area contributed by atoms with Gasteiger partial charge in [0.25, 0.3) is 0 Å². The first kappa shape index (κ1) is 13.9. The van der Waals surface area contributed by atoms with E-state index in [0.29, 0.717) is 5.41 Å². The number of likely N-dealkylation sites (N-methyl/N-ethyl adjacent to an activating group) is 1. The average molecular weight is 201 g/mol. The first-order valence-corrected chi connectivity index (χ1v) is 5.61. The molecule has 14 heavy (non-hydrogen) atoms. The number of hydrogen-bond acceptors (Lipinski definition) is 2. The fourth-order valence-corrected chi connectivity index (χ4v) is 1.26. The van der Waals surface area contributed by atoms with Gasteiger partial charge in [-0.05, 0) is 32.2 Å². The van der Waals surface area contributed by atoms with E-state index in [1.807, 2.05) is 7.05 Å². The van der Waals surface area contributed by atoms with Gasteiger partial charge in [0.05, 0.1) is 5.60 Å². The molecule has 0 radical (unpaired) electrons. The van der Waals surface area contributed by atoms with E-state index in [9.17, 15) is 0 Å². The highest BCUT2D eigenvalue weighted by molar-refractivity contribution is 4.75. The van der Waals surface area contributed by atoms with Gasteiger partial charge in [-0.3, -0.25) is 0 Å². The SMILES string of the molecule is CCC(C)(CNC)OCCC(C)(C)C. The van der Waals surface area contributed by atoms with Crippen molar-refractivity contribution in [3.63, 3.8) is 0 Å². The number of rotatable bonds is 6. The number of nitrogens with one attached hydrogen (secondary N) is 1. The Labute approximate surface area is 89.4 Å². The van der Waals surface area contributed by atoms with E-state index in [-0.39, 0.29) is 5.60 Å². The monoisotopic (exact) mass is 201 g/mol. The largest absolute Gasteiger partial charge is 0.374 e. The maximum atomic E-state index is 5.93. The molecule has 2 nitrogen and oxygen atoms in total. The van der Waals surface area contributed by atoms with Gasteiger partial charge >= 0.3 is 0 Å². The summed E-state index contributed by atoms with van der Waals surface area (Å²) >= 11 is 0. The van der Waals surface area contributed by atoms with Crippen LogP contribution in [0.3, 0.4) is 0 Å². The highest BCUT2D eigenvalue weighted by atomic mass is 16.5. The van der Waals surface area contributed by atoms with Crippen molar-refractivity contribution in [3.8, 4) is 0 Å². The molecule has 0 saturated carbocycles. The molecule has 0 bridgehead atoms.